The molecule has 1 N–H and O–H groups in total. The Kier molecular flexibility index (Phi) is 5.38. The minimum absolute atomic E-state index is 0.617. The normalized spacial score (nSPS) is 11.1. The summed E-state index contributed by atoms with van der Waals surface area (Å²) in [6.07, 6.45) is 2.74. The molecule has 0 spiro atoms. The minimum Gasteiger partial charge on any atom is -0.354 e. The Bertz CT molecular complexity index is 1370. The first-order valence-electron chi connectivity index (χ1n) is 10.8. The standard InChI is InChI=1S/C27H25N5/c1-19-12-13-23-25(16-19)32(18-29-23)26-17-24(22-11-7-6-8-20(22)2)30-27(31-26)28-15-14-21-9-4-3-5-10-21/h3-13,16-18H,14-15H2,1-2H3,(H,28,30,31). The van der Waals surface area contributed by atoms with Crippen LogP contribution in [0, 0.1) is 13.8 Å². The molecule has 0 unspecified atom stereocenters. The second-order valence-electron chi connectivity index (χ2n) is 8.02. The summed E-state index contributed by atoms with van der Waals surface area (Å²) in [5, 5.41) is 3.43. The molecule has 0 atom stereocenters. The highest BCUT2D eigenvalue weighted by Gasteiger charge is 2.12. The molecule has 158 valence electrons. The molecule has 0 radical (unpaired) electrons. The van der Waals surface area contributed by atoms with E-state index in [0.717, 1.165) is 41.1 Å². The maximum Gasteiger partial charge on any atom is 0.225 e. The molecule has 0 amide bonds. The van der Waals surface area contributed by atoms with E-state index >= 15 is 0 Å². The van der Waals surface area contributed by atoms with Crippen LogP contribution in [0.15, 0.2) is 85.2 Å². The van der Waals surface area contributed by atoms with Gasteiger partial charge in [-0.05, 0) is 49.1 Å². The minimum atomic E-state index is 0.617. The van der Waals surface area contributed by atoms with Gasteiger partial charge in [-0.15, -0.1) is 0 Å². The first kappa shape index (κ1) is 19.9. The maximum absolute atomic E-state index is 4.85. The van der Waals surface area contributed by atoms with Crippen LogP contribution in [0.3, 0.4) is 0 Å². The summed E-state index contributed by atoms with van der Waals surface area (Å²) in [4.78, 5) is 14.3. The van der Waals surface area contributed by atoms with Gasteiger partial charge in [-0.3, -0.25) is 4.57 Å². The fraction of sp³-hybridized carbons (Fsp3) is 0.148. The molecule has 3 aromatic carbocycles. The summed E-state index contributed by atoms with van der Waals surface area (Å²) in [6, 6.07) is 27.0. The average molecular weight is 420 g/mol. The monoisotopic (exact) mass is 419 g/mol. The molecule has 0 saturated heterocycles. The SMILES string of the molecule is Cc1ccc2ncn(-c3cc(-c4ccccc4C)nc(NCCc4ccccc4)n3)c2c1. The molecule has 2 aromatic heterocycles. The number of nitrogens with zero attached hydrogens (tertiary/aromatic N) is 4. The first-order chi connectivity index (χ1) is 15.7. The van der Waals surface area contributed by atoms with Crippen molar-refractivity contribution < 1.29 is 0 Å². The van der Waals surface area contributed by atoms with Crippen LogP contribution in [0.5, 0.6) is 0 Å². The Labute approximate surface area is 187 Å². The van der Waals surface area contributed by atoms with E-state index in [0.29, 0.717) is 5.95 Å². The molecule has 5 nitrogen and oxygen atoms in total. The molecule has 2 heterocycles. The van der Waals surface area contributed by atoms with Gasteiger partial charge in [-0.2, -0.15) is 4.98 Å². The van der Waals surface area contributed by atoms with Gasteiger partial charge in [-0.1, -0.05) is 60.7 Å². The molecule has 5 heteroatoms. The van der Waals surface area contributed by atoms with Gasteiger partial charge >= 0.3 is 0 Å². The lowest BCUT2D eigenvalue weighted by Gasteiger charge is -2.12. The van der Waals surface area contributed by atoms with Gasteiger partial charge in [-0.25, -0.2) is 9.97 Å². The highest BCUT2D eigenvalue weighted by atomic mass is 15.2. The van der Waals surface area contributed by atoms with Crippen molar-refractivity contribution in [3.63, 3.8) is 0 Å². The summed E-state index contributed by atoms with van der Waals surface area (Å²) in [5.74, 6) is 1.42. The van der Waals surface area contributed by atoms with Crippen molar-refractivity contribution >= 4 is 17.0 Å². The fourth-order valence-electron chi connectivity index (χ4n) is 3.90. The zero-order valence-corrected chi connectivity index (χ0v) is 18.3. The number of hydrogen-bond donors (Lipinski definition) is 1. The molecule has 0 aliphatic carbocycles. The van der Waals surface area contributed by atoms with Crippen molar-refractivity contribution in [2.75, 3.05) is 11.9 Å². The number of benzene rings is 3. The lowest BCUT2D eigenvalue weighted by molar-refractivity contribution is 0.955. The quantitative estimate of drug-likeness (QED) is 0.380. The van der Waals surface area contributed by atoms with Gasteiger partial charge in [0.1, 0.15) is 12.1 Å². The topological polar surface area (TPSA) is 55.6 Å². The zero-order valence-electron chi connectivity index (χ0n) is 18.3. The summed E-state index contributed by atoms with van der Waals surface area (Å²) < 4.78 is 2.04. The van der Waals surface area contributed by atoms with Gasteiger partial charge in [0.15, 0.2) is 0 Å². The van der Waals surface area contributed by atoms with Gasteiger partial charge in [0.05, 0.1) is 16.7 Å². The van der Waals surface area contributed by atoms with Crippen LogP contribution in [-0.2, 0) is 6.42 Å². The number of aryl methyl sites for hydroxylation is 2. The van der Waals surface area contributed by atoms with Crippen LogP contribution in [0.1, 0.15) is 16.7 Å². The zero-order chi connectivity index (χ0) is 21.9. The molecule has 0 aliphatic heterocycles. The number of hydrogen-bond acceptors (Lipinski definition) is 4. The third kappa shape index (κ3) is 4.10. The van der Waals surface area contributed by atoms with E-state index < -0.39 is 0 Å². The molecule has 0 fully saturated rings. The summed E-state index contributed by atoms with van der Waals surface area (Å²) in [7, 11) is 0. The summed E-state index contributed by atoms with van der Waals surface area (Å²) >= 11 is 0. The predicted octanol–water partition coefficient (Wildman–Crippen LogP) is 5.75. The van der Waals surface area contributed by atoms with E-state index in [4.69, 9.17) is 9.97 Å². The molecular weight excluding hydrogens is 394 g/mol. The van der Waals surface area contributed by atoms with E-state index in [9.17, 15) is 0 Å². The fourth-order valence-corrected chi connectivity index (χ4v) is 3.90. The second kappa shape index (κ2) is 8.63. The molecule has 0 bridgehead atoms. The van der Waals surface area contributed by atoms with Gasteiger partial charge < -0.3 is 5.32 Å². The Morgan fingerprint density at radius 1 is 0.844 bits per heavy atom. The first-order valence-corrected chi connectivity index (χ1v) is 10.8. The van der Waals surface area contributed by atoms with E-state index in [2.05, 4.69) is 72.7 Å². The Hall–Kier alpha value is -3.99. The molecule has 5 rings (SSSR count). The van der Waals surface area contributed by atoms with Gasteiger partial charge in [0.2, 0.25) is 5.95 Å². The number of anilines is 1. The lowest BCUT2D eigenvalue weighted by atomic mass is 10.1. The van der Waals surface area contributed by atoms with Gasteiger partial charge in [0.25, 0.3) is 0 Å². The summed E-state index contributed by atoms with van der Waals surface area (Å²) in [5.41, 5.74) is 7.63. The van der Waals surface area contributed by atoms with Crippen LogP contribution in [0.25, 0.3) is 28.1 Å². The molecule has 5 aromatic rings. The van der Waals surface area contributed by atoms with Crippen LogP contribution < -0.4 is 5.32 Å². The van der Waals surface area contributed by atoms with E-state index in [-0.39, 0.29) is 0 Å². The van der Waals surface area contributed by atoms with Crippen molar-refractivity contribution in [2.24, 2.45) is 0 Å². The van der Waals surface area contributed by atoms with E-state index in [1.807, 2.05) is 41.2 Å². The van der Waals surface area contributed by atoms with Crippen molar-refractivity contribution in [3.8, 4) is 17.1 Å². The van der Waals surface area contributed by atoms with Crippen LogP contribution in [0.4, 0.5) is 5.95 Å². The molecular formula is C27H25N5. The highest BCUT2D eigenvalue weighted by molar-refractivity contribution is 5.78. The van der Waals surface area contributed by atoms with E-state index in [1.54, 1.807) is 0 Å². The Balaban J connectivity index is 1.55. The van der Waals surface area contributed by atoms with E-state index in [1.165, 1.54) is 16.7 Å². The number of fused-ring (bicyclic) bond motifs is 1. The molecule has 0 aliphatic rings. The third-order valence-electron chi connectivity index (χ3n) is 5.62. The van der Waals surface area contributed by atoms with Crippen molar-refractivity contribution in [2.45, 2.75) is 20.3 Å². The predicted molar refractivity (Wildman–Crippen MR) is 130 cm³/mol. The number of nitrogens with one attached hydrogen (secondary N) is 1. The number of aromatic nitrogens is 4. The van der Waals surface area contributed by atoms with Crippen LogP contribution in [0.2, 0.25) is 0 Å². The van der Waals surface area contributed by atoms with Crippen LogP contribution in [-0.4, -0.2) is 26.1 Å². The molecule has 32 heavy (non-hydrogen) atoms. The molecule has 0 saturated carbocycles. The van der Waals surface area contributed by atoms with Gasteiger partial charge in [0, 0.05) is 18.2 Å². The van der Waals surface area contributed by atoms with Crippen molar-refractivity contribution in [1.82, 2.24) is 19.5 Å². The third-order valence-corrected chi connectivity index (χ3v) is 5.62. The van der Waals surface area contributed by atoms with Crippen LogP contribution >= 0.6 is 0 Å². The van der Waals surface area contributed by atoms with Crippen molar-refractivity contribution in [1.29, 1.82) is 0 Å². The second-order valence-corrected chi connectivity index (χ2v) is 8.02. The van der Waals surface area contributed by atoms with Crippen molar-refractivity contribution in [3.05, 3.63) is 102 Å². The average Bonchev–Trinajstić information content (AvgIpc) is 3.23. The number of imidazole rings is 1. The largest absolute Gasteiger partial charge is 0.354 e. The highest BCUT2D eigenvalue weighted by Crippen LogP contribution is 2.26. The maximum atomic E-state index is 4.85. The lowest BCUT2D eigenvalue weighted by Crippen LogP contribution is -2.10. The number of rotatable bonds is 6. The Morgan fingerprint density at radius 2 is 1.66 bits per heavy atom. The Morgan fingerprint density at radius 3 is 2.50 bits per heavy atom. The summed E-state index contributed by atoms with van der Waals surface area (Å²) in [6.45, 7) is 4.95. The smallest absolute Gasteiger partial charge is 0.225 e.